The molecular weight excluding hydrogens is 196 g/mol. The molecule has 0 aromatic carbocycles. The Morgan fingerprint density at radius 3 is 2.33 bits per heavy atom. The van der Waals surface area contributed by atoms with Crippen LogP contribution in [0, 0.1) is 0 Å². The highest BCUT2D eigenvalue weighted by Crippen LogP contribution is 2.25. The molecule has 0 rings (SSSR count). The summed E-state index contributed by atoms with van der Waals surface area (Å²) in [5, 5.41) is 10.9. The van der Waals surface area contributed by atoms with Crippen LogP contribution in [0.5, 0.6) is 0 Å². The van der Waals surface area contributed by atoms with Gasteiger partial charge in [-0.2, -0.15) is 8.78 Å². The van der Waals surface area contributed by atoms with Crippen LogP contribution in [0.25, 0.3) is 0 Å². The van der Waals surface area contributed by atoms with Gasteiger partial charge in [0.1, 0.15) is 6.10 Å². The standard InChI is InChI=1S/C4H8BrF2NO/c1-8-2-3(9)4(5,6)7/h3,8-9H,2H2,1H3. The molecule has 0 heterocycles. The molecule has 0 aromatic rings. The Labute approximate surface area is 60.4 Å². The van der Waals surface area contributed by atoms with Crippen molar-refractivity contribution in [1.29, 1.82) is 0 Å². The molecule has 2 N–H and O–H groups in total. The lowest BCUT2D eigenvalue weighted by atomic mass is 10.4. The van der Waals surface area contributed by atoms with Crippen molar-refractivity contribution in [3.63, 3.8) is 0 Å². The maximum absolute atomic E-state index is 11.9. The quantitative estimate of drug-likeness (QED) is 0.658. The first-order chi connectivity index (χ1) is 3.98. The van der Waals surface area contributed by atoms with E-state index in [1.807, 2.05) is 15.9 Å². The van der Waals surface area contributed by atoms with Crippen LogP contribution in [0.15, 0.2) is 0 Å². The molecule has 0 aromatic heterocycles. The van der Waals surface area contributed by atoms with E-state index in [0.29, 0.717) is 0 Å². The first kappa shape index (κ1) is 9.26. The minimum atomic E-state index is -3.18. The van der Waals surface area contributed by atoms with Gasteiger partial charge in [-0.1, -0.05) is 0 Å². The fourth-order valence-electron chi connectivity index (χ4n) is 0.309. The number of aliphatic hydroxyl groups is 1. The Balaban J connectivity index is 3.59. The van der Waals surface area contributed by atoms with Gasteiger partial charge >= 0.3 is 4.83 Å². The Morgan fingerprint density at radius 1 is 1.78 bits per heavy atom. The molecular formula is C4H8BrF2NO. The summed E-state index contributed by atoms with van der Waals surface area (Å²) in [7, 11) is 1.49. The molecule has 0 aliphatic rings. The van der Waals surface area contributed by atoms with E-state index in [2.05, 4.69) is 5.32 Å². The van der Waals surface area contributed by atoms with Gasteiger partial charge in [0.15, 0.2) is 0 Å². The van der Waals surface area contributed by atoms with Crippen LogP contribution in [0.2, 0.25) is 0 Å². The maximum atomic E-state index is 11.9. The Kier molecular flexibility index (Phi) is 3.53. The zero-order valence-corrected chi connectivity index (χ0v) is 6.45. The fraction of sp³-hybridized carbons (Fsp3) is 1.00. The van der Waals surface area contributed by atoms with Crippen molar-refractivity contribution in [1.82, 2.24) is 5.32 Å². The number of aliphatic hydroxyl groups excluding tert-OH is 1. The number of halogens is 3. The zero-order chi connectivity index (χ0) is 7.49. The highest BCUT2D eigenvalue weighted by Gasteiger charge is 2.33. The largest absolute Gasteiger partial charge is 0.385 e. The van der Waals surface area contributed by atoms with Gasteiger partial charge in [0.05, 0.1) is 0 Å². The summed E-state index contributed by atoms with van der Waals surface area (Å²) in [6, 6.07) is 0. The predicted octanol–water partition coefficient (Wildman–Crippen LogP) is 0.554. The van der Waals surface area contributed by atoms with E-state index in [1.54, 1.807) is 0 Å². The second-order valence-electron chi connectivity index (χ2n) is 1.62. The van der Waals surface area contributed by atoms with Crippen LogP contribution in [0.4, 0.5) is 8.78 Å². The van der Waals surface area contributed by atoms with E-state index < -0.39 is 10.9 Å². The third kappa shape index (κ3) is 3.77. The van der Waals surface area contributed by atoms with Crippen molar-refractivity contribution in [3.05, 3.63) is 0 Å². The van der Waals surface area contributed by atoms with Crippen molar-refractivity contribution in [2.24, 2.45) is 0 Å². The number of likely N-dealkylation sites (N-methyl/N-ethyl adjacent to an activating group) is 1. The molecule has 0 radical (unpaired) electrons. The van der Waals surface area contributed by atoms with E-state index in [0.717, 1.165) is 0 Å². The van der Waals surface area contributed by atoms with Gasteiger partial charge in [0, 0.05) is 6.54 Å². The fourth-order valence-corrected chi connectivity index (χ4v) is 0.471. The average Bonchev–Trinajstić information content (AvgIpc) is 1.64. The van der Waals surface area contributed by atoms with Crippen LogP contribution in [-0.2, 0) is 0 Å². The van der Waals surface area contributed by atoms with Crippen molar-refractivity contribution >= 4 is 15.9 Å². The van der Waals surface area contributed by atoms with Gasteiger partial charge in [0.25, 0.3) is 0 Å². The van der Waals surface area contributed by atoms with E-state index in [9.17, 15) is 8.78 Å². The summed E-state index contributed by atoms with van der Waals surface area (Å²) in [5.74, 6) is 0. The number of rotatable bonds is 3. The monoisotopic (exact) mass is 203 g/mol. The summed E-state index contributed by atoms with van der Waals surface area (Å²) < 4.78 is 23.9. The molecule has 56 valence electrons. The lowest BCUT2D eigenvalue weighted by Gasteiger charge is -2.14. The van der Waals surface area contributed by atoms with E-state index in [1.165, 1.54) is 7.05 Å². The Hall–Kier alpha value is 0.260. The predicted molar refractivity (Wildman–Crippen MR) is 33.8 cm³/mol. The average molecular weight is 204 g/mol. The molecule has 0 aliphatic heterocycles. The molecule has 0 saturated carbocycles. The highest BCUT2D eigenvalue weighted by atomic mass is 79.9. The number of nitrogens with one attached hydrogen (secondary N) is 1. The summed E-state index contributed by atoms with van der Waals surface area (Å²) in [6.45, 7) is -0.127. The summed E-state index contributed by atoms with van der Waals surface area (Å²) in [4.78, 5) is -3.18. The summed E-state index contributed by atoms with van der Waals surface area (Å²) in [6.07, 6.45) is -1.66. The third-order valence-corrected chi connectivity index (χ3v) is 1.30. The molecule has 0 amide bonds. The first-order valence-electron chi connectivity index (χ1n) is 2.38. The van der Waals surface area contributed by atoms with Crippen molar-refractivity contribution in [2.45, 2.75) is 10.9 Å². The van der Waals surface area contributed by atoms with Crippen LogP contribution in [-0.4, -0.2) is 29.6 Å². The van der Waals surface area contributed by atoms with Gasteiger partial charge in [0.2, 0.25) is 0 Å². The molecule has 5 heteroatoms. The van der Waals surface area contributed by atoms with E-state index in [4.69, 9.17) is 5.11 Å². The number of alkyl halides is 3. The van der Waals surface area contributed by atoms with E-state index >= 15 is 0 Å². The normalized spacial score (nSPS) is 15.7. The van der Waals surface area contributed by atoms with Crippen molar-refractivity contribution < 1.29 is 13.9 Å². The van der Waals surface area contributed by atoms with Crippen molar-refractivity contribution in [3.8, 4) is 0 Å². The maximum Gasteiger partial charge on any atom is 0.327 e. The molecule has 9 heavy (non-hydrogen) atoms. The molecule has 0 aliphatic carbocycles. The highest BCUT2D eigenvalue weighted by molar-refractivity contribution is 9.10. The van der Waals surface area contributed by atoms with Gasteiger partial charge in [-0.3, -0.25) is 0 Å². The van der Waals surface area contributed by atoms with Crippen LogP contribution < -0.4 is 5.32 Å². The number of hydrogen-bond acceptors (Lipinski definition) is 2. The van der Waals surface area contributed by atoms with E-state index in [-0.39, 0.29) is 6.54 Å². The Morgan fingerprint density at radius 2 is 2.22 bits per heavy atom. The smallest absolute Gasteiger partial charge is 0.327 e. The lowest BCUT2D eigenvalue weighted by Crippen LogP contribution is -2.35. The lowest BCUT2D eigenvalue weighted by molar-refractivity contribution is -0.0254. The van der Waals surface area contributed by atoms with Crippen LogP contribution in [0.1, 0.15) is 0 Å². The molecule has 2 nitrogen and oxygen atoms in total. The topological polar surface area (TPSA) is 32.3 Å². The van der Waals surface area contributed by atoms with Gasteiger partial charge in [-0.25, -0.2) is 0 Å². The third-order valence-electron chi connectivity index (χ3n) is 0.775. The summed E-state index contributed by atoms with van der Waals surface area (Å²) >= 11 is 2.02. The SMILES string of the molecule is CNCC(O)C(F)(F)Br. The zero-order valence-electron chi connectivity index (χ0n) is 4.87. The Bertz CT molecular complexity index is 85.1. The molecule has 0 saturated heterocycles. The molecule has 0 bridgehead atoms. The molecule has 1 atom stereocenters. The minimum absolute atomic E-state index is 0.127. The van der Waals surface area contributed by atoms with Crippen LogP contribution >= 0.6 is 15.9 Å². The van der Waals surface area contributed by atoms with Gasteiger partial charge in [-0.15, -0.1) is 0 Å². The second-order valence-corrected chi connectivity index (χ2v) is 2.67. The van der Waals surface area contributed by atoms with Crippen molar-refractivity contribution in [2.75, 3.05) is 13.6 Å². The van der Waals surface area contributed by atoms with Gasteiger partial charge < -0.3 is 10.4 Å². The number of hydrogen-bond donors (Lipinski definition) is 2. The molecule has 1 unspecified atom stereocenters. The first-order valence-corrected chi connectivity index (χ1v) is 3.17. The molecule has 0 fully saturated rings. The summed E-state index contributed by atoms with van der Waals surface area (Å²) in [5.41, 5.74) is 0. The minimum Gasteiger partial charge on any atom is -0.385 e. The van der Waals surface area contributed by atoms with Gasteiger partial charge in [-0.05, 0) is 23.0 Å². The van der Waals surface area contributed by atoms with Crippen LogP contribution in [0.3, 0.4) is 0 Å². The molecule has 0 spiro atoms. The second kappa shape index (κ2) is 3.43.